The van der Waals surface area contributed by atoms with Crippen LogP contribution in [0.1, 0.15) is 28.8 Å². The normalized spacial score (nSPS) is 16.0. The van der Waals surface area contributed by atoms with E-state index < -0.39 is 5.82 Å². The summed E-state index contributed by atoms with van der Waals surface area (Å²) in [7, 11) is 0. The van der Waals surface area contributed by atoms with Crippen molar-refractivity contribution in [2.45, 2.75) is 19.4 Å². The highest BCUT2D eigenvalue weighted by Gasteiger charge is 2.20. The number of carbonyl (C=O) groups is 1. The fourth-order valence-corrected chi connectivity index (χ4v) is 3.07. The van der Waals surface area contributed by atoms with Crippen molar-refractivity contribution < 1.29 is 9.18 Å². The smallest absolute Gasteiger partial charge is 0.254 e. The third kappa shape index (κ3) is 4.38. The van der Waals surface area contributed by atoms with E-state index in [1.165, 1.54) is 17.7 Å². The van der Waals surface area contributed by atoms with Gasteiger partial charge in [-0.1, -0.05) is 12.1 Å². The van der Waals surface area contributed by atoms with Crippen LogP contribution in [0.4, 0.5) is 4.39 Å². The fraction of sp³-hybridized carbons (Fsp3) is 0.368. The number of hydrogen-bond donors (Lipinski definition) is 1. The summed E-state index contributed by atoms with van der Waals surface area (Å²) < 4.78 is 13.6. The zero-order chi connectivity index (χ0) is 16.8. The number of nitrogens with zero attached hydrogens (tertiary/aromatic N) is 2. The Balaban J connectivity index is 1.43. The first kappa shape index (κ1) is 16.6. The molecule has 0 atom stereocenters. The second-order valence-corrected chi connectivity index (χ2v) is 6.26. The first-order chi connectivity index (χ1) is 11.7. The summed E-state index contributed by atoms with van der Waals surface area (Å²) >= 11 is 0. The molecule has 1 aliphatic rings. The lowest BCUT2D eigenvalue weighted by Crippen LogP contribution is -2.38. The first-order valence-corrected chi connectivity index (χ1v) is 8.36. The van der Waals surface area contributed by atoms with Gasteiger partial charge in [0.25, 0.3) is 5.91 Å². The van der Waals surface area contributed by atoms with Gasteiger partial charge in [-0.15, -0.1) is 0 Å². The van der Waals surface area contributed by atoms with Gasteiger partial charge in [0.05, 0.1) is 5.56 Å². The topological polar surface area (TPSA) is 45.2 Å². The lowest BCUT2D eigenvalue weighted by atomic mass is 9.96. The number of pyridine rings is 1. The number of carbonyl (C=O) groups excluding carboxylic acids is 1. The highest BCUT2D eigenvalue weighted by atomic mass is 19.1. The van der Waals surface area contributed by atoms with Crippen molar-refractivity contribution in [3.05, 3.63) is 65.7 Å². The van der Waals surface area contributed by atoms with Crippen LogP contribution in [0.25, 0.3) is 0 Å². The van der Waals surface area contributed by atoms with Crippen molar-refractivity contribution in [1.82, 2.24) is 15.2 Å². The van der Waals surface area contributed by atoms with Crippen molar-refractivity contribution in [2.75, 3.05) is 19.6 Å². The molecule has 0 unspecified atom stereocenters. The van der Waals surface area contributed by atoms with Crippen LogP contribution in [0.5, 0.6) is 0 Å². The summed E-state index contributed by atoms with van der Waals surface area (Å²) in [6, 6.07) is 10.2. The number of nitrogens with one attached hydrogen (secondary N) is 1. The van der Waals surface area contributed by atoms with E-state index in [0.29, 0.717) is 12.5 Å². The van der Waals surface area contributed by atoms with Crippen LogP contribution in [-0.4, -0.2) is 35.4 Å². The molecule has 1 aromatic heterocycles. The van der Waals surface area contributed by atoms with Crippen molar-refractivity contribution in [2.24, 2.45) is 5.92 Å². The van der Waals surface area contributed by atoms with Crippen molar-refractivity contribution >= 4 is 5.91 Å². The zero-order valence-corrected chi connectivity index (χ0v) is 13.6. The number of benzene rings is 1. The Morgan fingerprint density at radius 2 is 1.88 bits per heavy atom. The molecule has 0 saturated carbocycles. The van der Waals surface area contributed by atoms with Crippen LogP contribution in [0.2, 0.25) is 0 Å². The number of likely N-dealkylation sites (tertiary alicyclic amines) is 1. The monoisotopic (exact) mass is 327 g/mol. The number of piperidine rings is 1. The van der Waals surface area contributed by atoms with Gasteiger partial charge in [-0.3, -0.25) is 14.7 Å². The third-order valence-corrected chi connectivity index (χ3v) is 4.53. The van der Waals surface area contributed by atoms with Gasteiger partial charge in [-0.05, 0) is 61.7 Å². The van der Waals surface area contributed by atoms with Crippen LogP contribution < -0.4 is 5.32 Å². The van der Waals surface area contributed by atoms with Gasteiger partial charge in [0, 0.05) is 25.5 Å². The summed E-state index contributed by atoms with van der Waals surface area (Å²) in [5, 5.41) is 2.87. The standard InChI is InChI=1S/C19H22FN3O/c20-18-4-2-1-3-17(18)19(24)22-13-15-7-11-23(12-8-15)14-16-5-9-21-10-6-16/h1-6,9-10,15H,7-8,11-14H2,(H,22,24). The molecule has 0 bridgehead atoms. The summed E-state index contributed by atoms with van der Waals surface area (Å²) in [5.74, 6) is -0.344. The van der Waals surface area contributed by atoms with Crippen molar-refractivity contribution in [3.63, 3.8) is 0 Å². The molecule has 4 nitrogen and oxygen atoms in total. The Bertz CT molecular complexity index is 669. The van der Waals surface area contributed by atoms with Gasteiger partial charge in [-0.2, -0.15) is 0 Å². The lowest BCUT2D eigenvalue weighted by Gasteiger charge is -2.32. The molecule has 0 aliphatic carbocycles. The predicted octanol–water partition coefficient (Wildman–Crippen LogP) is 2.86. The molecule has 5 heteroatoms. The molecule has 2 aromatic rings. The molecule has 1 fully saturated rings. The molecule has 1 saturated heterocycles. The molecular formula is C19H22FN3O. The van der Waals surface area contributed by atoms with Gasteiger partial charge >= 0.3 is 0 Å². The van der Waals surface area contributed by atoms with Gasteiger partial charge < -0.3 is 5.32 Å². The minimum atomic E-state index is -0.470. The van der Waals surface area contributed by atoms with Crippen LogP contribution in [0.3, 0.4) is 0 Å². The Labute approximate surface area is 141 Å². The van der Waals surface area contributed by atoms with E-state index in [9.17, 15) is 9.18 Å². The molecule has 1 aliphatic heterocycles. The Kier molecular flexibility index (Phi) is 5.54. The highest BCUT2D eigenvalue weighted by Crippen LogP contribution is 2.18. The van der Waals surface area contributed by atoms with E-state index in [2.05, 4.69) is 15.2 Å². The van der Waals surface area contributed by atoms with E-state index in [0.717, 1.165) is 32.5 Å². The summed E-state index contributed by atoms with van der Waals surface area (Å²) in [4.78, 5) is 18.5. The molecule has 24 heavy (non-hydrogen) atoms. The average molecular weight is 327 g/mol. The number of amides is 1. The molecular weight excluding hydrogens is 305 g/mol. The summed E-state index contributed by atoms with van der Waals surface area (Å²) in [5.41, 5.74) is 1.39. The van der Waals surface area contributed by atoms with Crippen molar-refractivity contribution in [3.8, 4) is 0 Å². The highest BCUT2D eigenvalue weighted by molar-refractivity contribution is 5.94. The molecule has 0 spiro atoms. The second kappa shape index (κ2) is 8.02. The van der Waals surface area contributed by atoms with Crippen LogP contribution >= 0.6 is 0 Å². The van der Waals surface area contributed by atoms with Gasteiger partial charge in [0.15, 0.2) is 0 Å². The van der Waals surface area contributed by atoms with Gasteiger partial charge in [0.1, 0.15) is 5.82 Å². The molecule has 2 heterocycles. The number of halogens is 1. The quantitative estimate of drug-likeness (QED) is 0.918. The summed E-state index contributed by atoms with van der Waals surface area (Å²) in [6.07, 6.45) is 5.73. The van der Waals surface area contributed by atoms with Crippen molar-refractivity contribution in [1.29, 1.82) is 0 Å². The largest absolute Gasteiger partial charge is 0.352 e. The third-order valence-electron chi connectivity index (χ3n) is 4.53. The Morgan fingerprint density at radius 3 is 2.58 bits per heavy atom. The van der Waals surface area contributed by atoms with Crippen LogP contribution in [0.15, 0.2) is 48.8 Å². The van der Waals surface area contributed by atoms with Crippen LogP contribution in [0, 0.1) is 11.7 Å². The maximum absolute atomic E-state index is 13.6. The predicted molar refractivity (Wildman–Crippen MR) is 91.0 cm³/mol. The first-order valence-electron chi connectivity index (χ1n) is 8.36. The Hall–Kier alpha value is -2.27. The molecule has 126 valence electrons. The zero-order valence-electron chi connectivity index (χ0n) is 13.6. The van der Waals surface area contributed by atoms with Gasteiger partial charge in [-0.25, -0.2) is 4.39 Å². The van der Waals surface area contributed by atoms with E-state index in [4.69, 9.17) is 0 Å². The SMILES string of the molecule is O=C(NCC1CCN(Cc2ccncc2)CC1)c1ccccc1F. The van der Waals surface area contributed by atoms with E-state index >= 15 is 0 Å². The maximum atomic E-state index is 13.6. The molecule has 1 amide bonds. The van der Waals surface area contributed by atoms with Gasteiger partial charge in [0.2, 0.25) is 0 Å². The maximum Gasteiger partial charge on any atom is 0.254 e. The number of rotatable bonds is 5. The van der Waals surface area contributed by atoms with E-state index in [1.54, 1.807) is 12.1 Å². The molecule has 1 aromatic carbocycles. The summed E-state index contributed by atoms with van der Waals surface area (Å²) in [6.45, 7) is 3.58. The number of hydrogen-bond acceptors (Lipinski definition) is 3. The number of aromatic nitrogens is 1. The average Bonchev–Trinajstić information content (AvgIpc) is 2.62. The Morgan fingerprint density at radius 1 is 1.17 bits per heavy atom. The molecule has 0 radical (unpaired) electrons. The minimum Gasteiger partial charge on any atom is -0.352 e. The second-order valence-electron chi connectivity index (χ2n) is 6.26. The van der Waals surface area contributed by atoms with Crippen LogP contribution in [-0.2, 0) is 6.54 Å². The fourth-order valence-electron chi connectivity index (χ4n) is 3.07. The minimum absolute atomic E-state index is 0.118. The molecule has 1 N–H and O–H groups in total. The molecule has 3 rings (SSSR count). The van der Waals surface area contributed by atoms with E-state index in [-0.39, 0.29) is 11.5 Å². The lowest BCUT2D eigenvalue weighted by molar-refractivity contribution is 0.0931. The van der Waals surface area contributed by atoms with E-state index in [1.807, 2.05) is 24.5 Å².